The van der Waals surface area contributed by atoms with Crippen LogP contribution in [0.25, 0.3) is 0 Å². The summed E-state index contributed by atoms with van der Waals surface area (Å²) in [7, 11) is 0. The van der Waals surface area contributed by atoms with E-state index in [4.69, 9.17) is 9.47 Å². The summed E-state index contributed by atoms with van der Waals surface area (Å²) in [4.78, 5) is 19.0. The quantitative estimate of drug-likeness (QED) is 0.821. The first-order chi connectivity index (χ1) is 12.2. The highest BCUT2D eigenvalue weighted by molar-refractivity contribution is 7.09. The average Bonchev–Trinajstić information content (AvgIpc) is 2.95. The zero-order valence-corrected chi connectivity index (χ0v) is 15.6. The molecule has 0 unspecified atom stereocenters. The molecular weight excluding hydrogens is 336 g/mol. The van der Waals surface area contributed by atoms with E-state index in [1.54, 1.807) is 17.4 Å². The van der Waals surface area contributed by atoms with Gasteiger partial charge in [0.25, 0.3) is 5.91 Å². The predicted octanol–water partition coefficient (Wildman–Crippen LogP) is 3.42. The molecule has 0 aliphatic carbocycles. The Kier molecular flexibility index (Phi) is 6.04. The molecule has 1 aromatic heterocycles. The summed E-state index contributed by atoms with van der Waals surface area (Å²) < 4.78 is 13.1. The first-order valence-electron chi connectivity index (χ1n) is 8.73. The van der Waals surface area contributed by atoms with Crippen LogP contribution < -0.4 is 9.54 Å². The van der Waals surface area contributed by atoms with Gasteiger partial charge in [-0.25, -0.2) is 0 Å². The van der Waals surface area contributed by atoms with E-state index in [0.29, 0.717) is 23.8 Å². The minimum absolute atomic E-state index is 0.258. The normalized spacial score (nSPS) is 16.2. The summed E-state index contributed by atoms with van der Waals surface area (Å²) in [6, 6.07) is 7.27. The second-order valence-corrected chi connectivity index (χ2v) is 7.39. The lowest BCUT2D eigenvalue weighted by atomic mass is 10.0. The molecule has 6 heteroatoms. The third-order valence-electron chi connectivity index (χ3n) is 4.25. The first-order valence-corrected chi connectivity index (χ1v) is 9.54. The van der Waals surface area contributed by atoms with Crippen LogP contribution in [0, 0.1) is 12.8 Å². The maximum Gasteiger partial charge on any atom is 0.283 e. The SMILES string of the molecule is CCOc1ccccc1C(=O)/N=c1\sc(C)cn1CC1CCOCC1. The molecule has 25 heavy (non-hydrogen) atoms. The van der Waals surface area contributed by atoms with Gasteiger partial charge in [-0.15, -0.1) is 11.3 Å². The van der Waals surface area contributed by atoms with Gasteiger partial charge in [0.1, 0.15) is 5.75 Å². The fourth-order valence-corrected chi connectivity index (χ4v) is 3.84. The molecule has 2 heterocycles. The van der Waals surface area contributed by atoms with Crippen molar-refractivity contribution in [3.63, 3.8) is 0 Å². The van der Waals surface area contributed by atoms with Crippen molar-refractivity contribution in [2.24, 2.45) is 10.9 Å². The van der Waals surface area contributed by atoms with E-state index < -0.39 is 0 Å². The molecule has 1 aromatic carbocycles. The number of amides is 1. The fraction of sp³-hybridized carbons (Fsp3) is 0.474. The Bertz CT molecular complexity index is 788. The molecule has 0 radical (unpaired) electrons. The fourth-order valence-electron chi connectivity index (χ4n) is 3.00. The van der Waals surface area contributed by atoms with Gasteiger partial charge in [0.05, 0.1) is 12.2 Å². The maximum absolute atomic E-state index is 12.7. The van der Waals surface area contributed by atoms with Crippen molar-refractivity contribution in [3.8, 4) is 5.75 Å². The van der Waals surface area contributed by atoms with Gasteiger partial charge < -0.3 is 14.0 Å². The summed E-state index contributed by atoms with van der Waals surface area (Å²) >= 11 is 1.55. The van der Waals surface area contributed by atoms with Crippen molar-refractivity contribution in [1.82, 2.24) is 4.57 Å². The van der Waals surface area contributed by atoms with Crippen LogP contribution in [-0.4, -0.2) is 30.3 Å². The van der Waals surface area contributed by atoms with Gasteiger partial charge in [0.2, 0.25) is 0 Å². The van der Waals surface area contributed by atoms with Gasteiger partial charge in [-0.05, 0) is 44.7 Å². The Balaban J connectivity index is 1.87. The standard InChI is InChI=1S/C19H24N2O3S/c1-3-24-17-7-5-4-6-16(17)18(22)20-19-21(12-14(2)25-19)13-15-8-10-23-11-9-15/h4-7,12,15H,3,8-11,13H2,1-2H3/b20-19-. The number of ether oxygens (including phenoxy) is 2. The summed E-state index contributed by atoms with van der Waals surface area (Å²) in [6.07, 6.45) is 4.20. The molecule has 0 bridgehead atoms. The zero-order valence-electron chi connectivity index (χ0n) is 14.7. The Labute approximate surface area is 151 Å². The number of thiazole rings is 1. The van der Waals surface area contributed by atoms with E-state index in [1.165, 1.54) is 0 Å². The van der Waals surface area contributed by atoms with Crippen molar-refractivity contribution >= 4 is 17.2 Å². The molecule has 0 saturated carbocycles. The number of nitrogens with zero attached hydrogens (tertiary/aromatic N) is 2. The Morgan fingerprint density at radius 1 is 1.36 bits per heavy atom. The Morgan fingerprint density at radius 2 is 2.12 bits per heavy atom. The van der Waals surface area contributed by atoms with Crippen molar-refractivity contribution in [2.75, 3.05) is 19.8 Å². The number of aryl methyl sites for hydroxylation is 1. The lowest BCUT2D eigenvalue weighted by Crippen LogP contribution is -2.25. The van der Waals surface area contributed by atoms with Crippen molar-refractivity contribution in [3.05, 3.63) is 45.7 Å². The van der Waals surface area contributed by atoms with Gasteiger partial charge in [0, 0.05) is 30.8 Å². The number of hydrogen-bond acceptors (Lipinski definition) is 4. The van der Waals surface area contributed by atoms with Crippen molar-refractivity contribution in [2.45, 2.75) is 33.2 Å². The van der Waals surface area contributed by atoms with Crippen molar-refractivity contribution in [1.29, 1.82) is 0 Å². The average molecular weight is 360 g/mol. The van der Waals surface area contributed by atoms with Crippen LogP contribution in [0.5, 0.6) is 5.75 Å². The Hall–Kier alpha value is -1.92. The number of aromatic nitrogens is 1. The third-order valence-corrected chi connectivity index (χ3v) is 5.18. The summed E-state index contributed by atoms with van der Waals surface area (Å²) in [5.74, 6) is 0.905. The van der Waals surface area contributed by atoms with Gasteiger partial charge in [-0.2, -0.15) is 4.99 Å². The lowest BCUT2D eigenvalue weighted by molar-refractivity contribution is 0.0610. The van der Waals surface area contributed by atoms with Crippen LogP contribution in [0.15, 0.2) is 35.5 Å². The smallest absolute Gasteiger partial charge is 0.283 e. The molecule has 1 amide bonds. The molecule has 3 rings (SSSR count). The molecule has 0 N–H and O–H groups in total. The van der Waals surface area contributed by atoms with Gasteiger partial charge >= 0.3 is 0 Å². The molecule has 0 spiro atoms. The van der Waals surface area contributed by atoms with Crippen LogP contribution in [0.4, 0.5) is 0 Å². The molecular formula is C19H24N2O3S. The van der Waals surface area contributed by atoms with Crippen LogP contribution in [-0.2, 0) is 11.3 Å². The Morgan fingerprint density at radius 3 is 2.88 bits per heavy atom. The number of hydrogen-bond donors (Lipinski definition) is 0. The second-order valence-electron chi connectivity index (χ2n) is 6.18. The lowest BCUT2D eigenvalue weighted by Gasteiger charge is -2.22. The molecule has 1 saturated heterocycles. The topological polar surface area (TPSA) is 52.8 Å². The van der Waals surface area contributed by atoms with E-state index in [1.807, 2.05) is 32.0 Å². The van der Waals surface area contributed by atoms with Crippen LogP contribution in [0.3, 0.4) is 0 Å². The minimum atomic E-state index is -0.258. The van der Waals surface area contributed by atoms with Crippen molar-refractivity contribution < 1.29 is 14.3 Å². The van der Waals surface area contributed by atoms with Crippen LogP contribution in [0.2, 0.25) is 0 Å². The predicted molar refractivity (Wildman–Crippen MR) is 98.1 cm³/mol. The van der Waals surface area contributed by atoms with E-state index in [0.717, 1.165) is 42.3 Å². The monoisotopic (exact) mass is 360 g/mol. The summed E-state index contributed by atoms with van der Waals surface area (Å²) in [5, 5.41) is 0. The number of carbonyl (C=O) groups excluding carboxylic acids is 1. The second kappa shape index (κ2) is 8.45. The minimum Gasteiger partial charge on any atom is -0.493 e. The van der Waals surface area contributed by atoms with E-state index in [9.17, 15) is 4.79 Å². The largest absolute Gasteiger partial charge is 0.493 e. The maximum atomic E-state index is 12.7. The third kappa shape index (κ3) is 4.58. The summed E-state index contributed by atoms with van der Waals surface area (Å²) in [6.45, 7) is 6.99. The molecule has 1 aliphatic heterocycles. The summed E-state index contributed by atoms with van der Waals surface area (Å²) in [5.41, 5.74) is 0.507. The molecule has 2 aromatic rings. The molecule has 1 aliphatic rings. The highest BCUT2D eigenvalue weighted by Gasteiger charge is 2.16. The molecule has 134 valence electrons. The highest BCUT2D eigenvalue weighted by Crippen LogP contribution is 2.20. The molecule has 0 atom stereocenters. The molecule has 1 fully saturated rings. The van der Waals surface area contributed by atoms with Gasteiger partial charge in [-0.3, -0.25) is 4.79 Å². The van der Waals surface area contributed by atoms with E-state index in [-0.39, 0.29) is 5.91 Å². The number of benzene rings is 1. The number of rotatable bonds is 5. The van der Waals surface area contributed by atoms with Gasteiger partial charge in [-0.1, -0.05) is 12.1 Å². The highest BCUT2D eigenvalue weighted by atomic mass is 32.1. The van der Waals surface area contributed by atoms with Crippen LogP contribution in [0.1, 0.15) is 35.0 Å². The van der Waals surface area contributed by atoms with Crippen LogP contribution >= 0.6 is 11.3 Å². The number of para-hydroxylation sites is 1. The number of carbonyl (C=O) groups is 1. The first kappa shape index (κ1) is 17.9. The molecule has 5 nitrogen and oxygen atoms in total. The van der Waals surface area contributed by atoms with E-state index >= 15 is 0 Å². The van der Waals surface area contributed by atoms with E-state index in [2.05, 4.69) is 15.8 Å². The van der Waals surface area contributed by atoms with Gasteiger partial charge in [0.15, 0.2) is 4.80 Å². The zero-order chi connectivity index (χ0) is 17.6.